The number of ether oxygens (including phenoxy) is 1. The summed E-state index contributed by atoms with van der Waals surface area (Å²) in [6, 6.07) is 22.9. The van der Waals surface area contributed by atoms with Gasteiger partial charge in [0, 0.05) is 7.05 Å². The van der Waals surface area contributed by atoms with Crippen molar-refractivity contribution in [3.05, 3.63) is 89.2 Å². The summed E-state index contributed by atoms with van der Waals surface area (Å²) in [5.74, 6) is 0.821. The van der Waals surface area contributed by atoms with Crippen molar-refractivity contribution in [1.29, 1.82) is 0 Å². The van der Waals surface area contributed by atoms with Crippen LogP contribution in [-0.4, -0.2) is 33.8 Å². The van der Waals surface area contributed by atoms with Crippen molar-refractivity contribution in [2.45, 2.75) is 17.3 Å². The highest BCUT2D eigenvalue weighted by molar-refractivity contribution is 8.00. The quantitative estimate of drug-likeness (QED) is 0.322. The summed E-state index contributed by atoms with van der Waals surface area (Å²) in [5.41, 5.74) is 0.836. The molecule has 2 N–H and O–H groups in total. The van der Waals surface area contributed by atoms with Gasteiger partial charge in [-0.3, -0.25) is 19.5 Å². The third-order valence-corrected chi connectivity index (χ3v) is 5.99. The molecule has 9 heteroatoms. The Balaban J connectivity index is 1.70. The predicted octanol–water partition coefficient (Wildman–Crippen LogP) is 4.11. The summed E-state index contributed by atoms with van der Waals surface area (Å²) in [4.78, 5) is 42.0. The first-order valence-electron chi connectivity index (χ1n) is 10.5. The molecule has 0 radical (unpaired) electrons. The molecule has 0 saturated carbocycles. The number of carbonyl (C=O) groups is 2. The lowest BCUT2D eigenvalue weighted by molar-refractivity contribution is -0.119. The van der Waals surface area contributed by atoms with Crippen LogP contribution in [0.5, 0.6) is 11.5 Å². The number of aromatic nitrogens is 2. The third kappa shape index (κ3) is 5.10. The van der Waals surface area contributed by atoms with Gasteiger partial charge in [0.25, 0.3) is 5.56 Å². The van der Waals surface area contributed by atoms with Crippen LogP contribution < -0.4 is 20.9 Å². The molecule has 4 aromatic rings. The van der Waals surface area contributed by atoms with Gasteiger partial charge in [-0.1, -0.05) is 42.1 Å². The average molecular weight is 475 g/mol. The zero-order valence-corrected chi connectivity index (χ0v) is 19.3. The van der Waals surface area contributed by atoms with Crippen LogP contribution in [-0.2, 0) is 4.79 Å². The van der Waals surface area contributed by atoms with Crippen LogP contribution in [0.1, 0.15) is 6.92 Å². The van der Waals surface area contributed by atoms with Gasteiger partial charge < -0.3 is 10.1 Å². The van der Waals surface area contributed by atoms with Gasteiger partial charge in [0.1, 0.15) is 11.5 Å². The molecule has 1 aromatic heterocycles. The van der Waals surface area contributed by atoms with Gasteiger partial charge in [-0.15, -0.1) is 0 Å². The van der Waals surface area contributed by atoms with Crippen LogP contribution in [0.4, 0.5) is 4.79 Å². The van der Waals surface area contributed by atoms with Crippen molar-refractivity contribution in [2.75, 3.05) is 7.05 Å². The summed E-state index contributed by atoms with van der Waals surface area (Å²) in [6.45, 7) is 1.64. The Morgan fingerprint density at radius 2 is 1.59 bits per heavy atom. The van der Waals surface area contributed by atoms with E-state index in [9.17, 15) is 14.4 Å². The van der Waals surface area contributed by atoms with Crippen LogP contribution in [0.25, 0.3) is 16.6 Å². The monoisotopic (exact) mass is 474 g/mol. The summed E-state index contributed by atoms with van der Waals surface area (Å²) in [7, 11) is 1.42. The highest BCUT2D eigenvalue weighted by atomic mass is 32.2. The first-order chi connectivity index (χ1) is 16.5. The molecule has 4 rings (SSSR count). The zero-order valence-electron chi connectivity index (χ0n) is 18.5. The van der Waals surface area contributed by atoms with Gasteiger partial charge in [-0.25, -0.2) is 9.78 Å². The molecule has 0 spiro atoms. The molecule has 1 unspecified atom stereocenters. The fourth-order valence-corrected chi connectivity index (χ4v) is 4.12. The lowest BCUT2D eigenvalue weighted by Crippen LogP contribution is -2.41. The van der Waals surface area contributed by atoms with Crippen molar-refractivity contribution in [3.63, 3.8) is 0 Å². The largest absolute Gasteiger partial charge is 0.457 e. The van der Waals surface area contributed by atoms with E-state index in [1.54, 1.807) is 55.5 Å². The molecule has 0 aliphatic rings. The molecule has 0 saturated heterocycles. The minimum Gasteiger partial charge on any atom is -0.457 e. The number of thioether (sulfide) groups is 1. The summed E-state index contributed by atoms with van der Waals surface area (Å²) in [6.07, 6.45) is 0. The standard InChI is InChI=1S/C25H22N4O4S/c1-16(22(30)28-24(32)26-2)34-25-27-21-11-7-6-10-20(21)23(31)29(25)17-12-14-19(15-13-17)33-18-8-4-3-5-9-18/h3-16H,1-2H3,(H2,26,28,30,32). The van der Waals surface area contributed by atoms with Crippen molar-refractivity contribution in [1.82, 2.24) is 20.2 Å². The fraction of sp³-hybridized carbons (Fsp3) is 0.120. The molecular weight excluding hydrogens is 452 g/mol. The Hall–Kier alpha value is -4.11. The van der Waals surface area contributed by atoms with E-state index in [0.29, 0.717) is 33.2 Å². The predicted molar refractivity (Wildman–Crippen MR) is 132 cm³/mol. The van der Waals surface area contributed by atoms with Crippen molar-refractivity contribution < 1.29 is 14.3 Å². The minimum atomic E-state index is -0.683. The van der Waals surface area contributed by atoms with E-state index in [0.717, 1.165) is 11.8 Å². The van der Waals surface area contributed by atoms with E-state index < -0.39 is 17.2 Å². The maximum Gasteiger partial charge on any atom is 0.321 e. The Labute approximate surface area is 200 Å². The lowest BCUT2D eigenvalue weighted by atomic mass is 10.2. The highest BCUT2D eigenvalue weighted by Gasteiger charge is 2.21. The second-order valence-corrected chi connectivity index (χ2v) is 8.60. The van der Waals surface area contributed by atoms with Crippen LogP contribution in [0, 0.1) is 0 Å². The number of amides is 3. The van der Waals surface area contributed by atoms with Crippen LogP contribution in [0.2, 0.25) is 0 Å². The maximum atomic E-state index is 13.4. The molecule has 1 heterocycles. The van der Waals surface area contributed by atoms with Crippen LogP contribution >= 0.6 is 11.8 Å². The fourth-order valence-electron chi connectivity index (χ4n) is 3.19. The molecule has 34 heavy (non-hydrogen) atoms. The van der Waals surface area contributed by atoms with E-state index >= 15 is 0 Å². The zero-order chi connectivity index (χ0) is 24.1. The average Bonchev–Trinajstić information content (AvgIpc) is 2.85. The Bertz CT molecular complexity index is 1390. The molecule has 8 nitrogen and oxygen atoms in total. The number of fused-ring (bicyclic) bond motifs is 1. The van der Waals surface area contributed by atoms with Gasteiger partial charge >= 0.3 is 6.03 Å². The minimum absolute atomic E-state index is 0.260. The van der Waals surface area contributed by atoms with E-state index in [1.807, 2.05) is 30.3 Å². The summed E-state index contributed by atoms with van der Waals surface area (Å²) >= 11 is 1.09. The van der Waals surface area contributed by atoms with Crippen LogP contribution in [0.15, 0.2) is 88.8 Å². The Kier molecular flexibility index (Phi) is 6.93. The number of nitrogens with one attached hydrogen (secondary N) is 2. The smallest absolute Gasteiger partial charge is 0.321 e. The van der Waals surface area contributed by atoms with Crippen molar-refractivity contribution >= 4 is 34.6 Å². The van der Waals surface area contributed by atoms with Crippen molar-refractivity contribution in [2.24, 2.45) is 0 Å². The van der Waals surface area contributed by atoms with E-state index in [4.69, 9.17) is 4.74 Å². The topological polar surface area (TPSA) is 102 Å². The number of nitrogens with zero attached hydrogens (tertiary/aromatic N) is 2. The SMILES string of the molecule is CNC(=O)NC(=O)C(C)Sc1nc2ccccc2c(=O)n1-c1ccc(Oc2ccccc2)cc1. The van der Waals surface area contributed by atoms with Gasteiger partial charge in [0.15, 0.2) is 5.16 Å². The molecule has 0 fully saturated rings. The number of urea groups is 1. The van der Waals surface area contributed by atoms with Gasteiger partial charge in [0.2, 0.25) is 5.91 Å². The normalized spacial score (nSPS) is 11.6. The summed E-state index contributed by atoms with van der Waals surface area (Å²) in [5, 5.41) is 4.70. The number of imide groups is 1. The molecule has 1 atom stereocenters. The molecule has 0 bridgehead atoms. The molecular formula is C25H22N4O4S. The van der Waals surface area contributed by atoms with Gasteiger partial charge in [0.05, 0.1) is 21.8 Å². The maximum absolute atomic E-state index is 13.4. The molecule has 172 valence electrons. The van der Waals surface area contributed by atoms with E-state index in [1.165, 1.54) is 11.6 Å². The molecule has 0 aliphatic carbocycles. The number of benzene rings is 3. The molecule has 3 amide bonds. The van der Waals surface area contributed by atoms with Gasteiger partial charge in [-0.2, -0.15) is 0 Å². The second kappa shape index (κ2) is 10.2. The van der Waals surface area contributed by atoms with Crippen LogP contribution in [0.3, 0.4) is 0 Å². The third-order valence-electron chi connectivity index (χ3n) is 4.93. The highest BCUT2D eigenvalue weighted by Crippen LogP contribution is 2.27. The first kappa shape index (κ1) is 23.1. The number of rotatable bonds is 6. The summed E-state index contributed by atoms with van der Waals surface area (Å²) < 4.78 is 7.31. The number of hydrogen-bond donors (Lipinski definition) is 2. The first-order valence-corrected chi connectivity index (χ1v) is 11.4. The number of hydrogen-bond acceptors (Lipinski definition) is 6. The van der Waals surface area contributed by atoms with E-state index in [2.05, 4.69) is 15.6 Å². The van der Waals surface area contributed by atoms with E-state index in [-0.39, 0.29) is 5.56 Å². The molecule has 0 aliphatic heterocycles. The Morgan fingerprint density at radius 1 is 0.941 bits per heavy atom. The second-order valence-electron chi connectivity index (χ2n) is 7.29. The number of para-hydroxylation sites is 2. The number of carbonyl (C=O) groups excluding carboxylic acids is 2. The Morgan fingerprint density at radius 3 is 2.29 bits per heavy atom. The van der Waals surface area contributed by atoms with Crippen molar-refractivity contribution in [3.8, 4) is 17.2 Å². The molecule has 3 aromatic carbocycles. The lowest BCUT2D eigenvalue weighted by Gasteiger charge is -2.16. The van der Waals surface area contributed by atoms with Gasteiger partial charge in [-0.05, 0) is 55.5 Å².